The van der Waals surface area contributed by atoms with Crippen molar-refractivity contribution in [1.82, 2.24) is 4.90 Å². The zero-order valence-corrected chi connectivity index (χ0v) is 13.9. The van der Waals surface area contributed by atoms with Crippen molar-refractivity contribution < 1.29 is 29.0 Å². The number of hydrogen-bond acceptors (Lipinski definition) is 6. The summed E-state index contributed by atoms with van der Waals surface area (Å²) in [7, 11) is 1.24. The van der Waals surface area contributed by atoms with E-state index in [4.69, 9.17) is 9.84 Å². The van der Waals surface area contributed by atoms with Crippen molar-refractivity contribution in [3.63, 3.8) is 0 Å². The minimum atomic E-state index is -1.25. The molecule has 1 aliphatic heterocycles. The highest BCUT2D eigenvalue weighted by Crippen LogP contribution is 2.37. The Morgan fingerprint density at radius 3 is 2.58 bits per heavy atom. The van der Waals surface area contributed by atoms with Crippen LogP contribution in [0.2, 0.25) is 0 Å². The number of aliphatic carboxylic acids is 1. The van der Waals surface area contributed by atoms with Crippen LogP contribution >= 0.6 is 11.3 Å². The zero-order chi connectivity index (χ0) is 17.9. The summed E-state index contributed by atoms with van der Waals surface area (Å²) in [4.78, 5) is 48.3. The predicted octanol–water partition coefficient (Wildman–Crippen LogP) is 1.02. The van der Waals surface area contributed by atoms with Crippen LogP contribution in [0.5, 0.6) is 0 Å². The first-order chi connectivity index (χ1) is 11.3. The smallest absolute Gasteiger partial charge is 0.341 e. The van der Waals surface area contributed by atoms with Crippen LogP contribution in [0.15, 0.2) is 12.2 Å². The number of carbonyl (C=O) groups excluding carboxylic acids is 3. The molecule has 0 saturated heterocycles. The average Bonchev–Trinajstić information content (AvgIpc) is 2.88. The van der Waals surface area contributed by atoms with Gasteiger partial charge >= 0.3 is 11.9 Å². The molecular weight excluding hydrogens is 336 g/mol. The molecule has 0 bridgehead atoms. The van der Waals surface area contributed by atoms with Crippen molar-refractivity contribution in [1.29, 1.82) is 0 Å². The van der Waals surface area contributed by atoms with Gasteiger partial charge in [0, 0.05) is 30.5 Å². The Morgan fingerprint density at radius 1 is 1.29 bits per heavy atom. The highest BCUT2D eigenvalue weighted by molar-refractivity contribution is 7.17. The highest BCUT2D eigenvalue weighted by Gasteiger charge is 2.29. The molecule has 0 fully saturated rings. The molecule has 2 rings (SSSR count). The Kier molecular flexibility index (Phi) is 5.35. The van der Waals surface area contributed by atoms with E-state index in [0.717, 1.165) is 16.5 Å². The summed E-state index contributed by atoms with van der Waals surface area (Å²) in [5.41, 5.74) is 1.01. The standard InChI is InChI=1S/C15H16N2O6S/c1-8(18)17-6-5-9-10(7-17)24-14(13(9)15(22)23-2)16-11(19)3-4-12(20)21/h3-4H,5-7H2,1-2H3,(H,16,19)(H,20,21)/b4-3-. The van der Waals surface area contributed by atoms with E-state index in [-0.39, 0.29) is 16.5 Å². The maximum absolute atomic E-state index is 12.1. The Hall–Kier alpha value is -2.68. The van der Waals surface area contributed by atoms with E-state index in [0.29, 0.717) is 25.6 Å². The van der Waals surface area contributed by atoms with Gasteiger partial charge in [-0.2, -0.15) is 0 Å². The highest BCUT2D eigenvalue weighted by atomic mass is 32.1. The molecule has 0 aliphatic carbocycles. The first kappa shape index (κ1) is 17.7. The lowest BCUT2D eigenvalue weighted by molar-refractivity contribution is -0.132. The molecule has 0 spiro atoms. The first-order valence-corrected chi connectivity index (χ1v) is 7.85. The lowest BCUT2D eigenvalue weighted by Crippen LogP contribution is -2.33. The number of methoxy groups -OCH3 is 1. The molecule has 128 valence electrons. The summed E-state index contributed by atoms with van der Waals surface area (Å²) in [6.45, 7) is 2.31. The molecule has 8 nitrogen and oxygen atoms in total. The molecular formula is C15H16N2O6S. The third kappa shape index (κ3) is 3.80. The average molecular weight is 352 g/mol. The quantitative estimate of drug-likeness (QED) is 0.618. The van der Waals surface area contributed by atoms with Crippen LogP contribution in [-0.2, 0) is 32.1 Å². The van der Waals surface area contributed by atoms with Crippen LogP contribution in [0.25, 0.3) is 0 Å². The molecule has 2 heterocycles. The number of esters is 1. The lowest BCUT2D eigenvalue weighted by atomic mass is 10.0. The number of thiophene rings is 1. The number of fused-ring (bicyclic) bond motifs is 1. The molecule has 0 aromatic carbocycles. The molecule has 2 amide bonds. The van der Waals surface area contributed by atoms with E-state index in [1.54, 1.807) is 4.90 Å². The monoisotopic (exact) mass is 352 g/mol. The largest absolute Gasteiger partial charge is 0.478 e. The molecule has 0 atom stereocenters. The summed E-state index contributed by atoms with van der Waals surface area (Å²) >= 11 is 1.18. The predicted molar refractivity (Wildman–Crippen MR) is 85.9 cm³/mol. The number of nitrogens with zero attached hydrogens (tertiary/aromatic N) is 1. The van der Waals surface area contributed by atoms with E-state index >= 15 is 0 Å². The maximum Gasteiger partial charge on any atom is 0.341 e. The molecule has 1 aromatic rings. The van der Waals surface area contributed by atoms with Crippen molar-refractivity contribution in [2.75, 3.05) is 19.0 Å². The van der Waals surface area contributed by atoms with Crippen LogP contribution in [-0.4, -0.2) is 47.4 Å². The second kappa shape index (κ2) is 7.26. The van der Waals surface area contributed by atoms with Gasteiger partial charge in [-0.15, -0.1) is 11.3 Å². The van der Waals surface area contributed by atoms with Gasteiger partial charge in [0.05, 0.1) is 19.2 Å². The Bertz CT molecular complexity index is 737. The molecule has 0 saturated carbocycles. The Labute approximate surface area is 141 Å². The summed E-state index contributed by atoms with van der Waals surface area (Å²) < 4.78 is 4.78. The van der Waals surface area contributed by atoms with Crippen LogP contribution in [0.3, 0.4) is 0 Å². The number of hydrogen-bond donors (Lipinski definition) is 2. The normalized spacial score (nSPS) is 13.5. The van der Waals surface area contributed by atoms with Crippen molar-refractivity contribution in [2.45, 2.75) is 19.9 Å². The molecule has 0 unspecified atom stereocenters. The van der Waals surface area contributed by atoms with Gasteiger partial charge < -0.3 is 20.1 Å². The Morgan fingerprint density at radius 2 is 2.00 bits per heavy atom. The van der Waals surface area contributed by atoms with Crippen LogP contribution in [0, 0.1) is 0 Å². The van der Waals surface area contributed by atoms with Gasteiger partial charge in [0.25, 0.3) is 0 Å². The molecule has 0 radical (unpaired) electrons. The molecule has 2 N–H and O–H groups in total. The summed E-state index contributed by atoms with van der Waals surface area (Å²) in [6.07, 6.45) is 2.05. The number of amides is 2. The van der Waals surface area contributed by atoms with E-state index in [1.165, 1.54) is 25.4 Å². The first-order valence-electron chi connectivity index (χ1n) is 7.03. The molecule has 1 aliphatic rings. The summed E-state index contributed by atoms with van der Waals surface area (Å²) in [6, 6.07) is 0. The van der Waals surface area contributed by atoms with Gasteiger partial charge in [0.1, 0.15) is 5.00 Å². The van der Waals surface area contributed by atoms with Crippen LogP contribution in [0.1, 0.15) is 27.7 Å². The van der Waals surface area contributed by atoms with Gasteiger partial charge in [-0.1, -0.05) is 0 Å². The van der Waals surface area contributed by atoms with Crippen LogP contribution < -0.4 is 5.32 Å². The number of carboxylic acids is 1. The number of nitrogens with one attached hydrogen (secondary N) is 1. The SMILES string of the molecule is COC(=O)c1c(NC(=O)/C=C\C(=O)O)sc2c1CCN(C(C)=O)C2. The second-order valence-corrected chi connectivity index (χ2v) is 6.16. The lowest BCUT2D eigenvalue weighted by Gasteiger charge is -2.25. The fourth-order valence-electron chi connectivity index (χ4n) is 2.38. The van der Waals surface area contributed by atoms with Crippen molar-refractivity contribution in [2.24, 2.45) is 0 Å². The van der Waals surface area contributed by atoms with Crippen LogP contribution in [0.4, 0.5) is 5.00 Å². The summed E-state index contributed by atoms with van der Waals surface area (Å²) in [5, 5.41) is 11.3. The van der Waals surface area contributed by atoms with Crippen molar-refractivity contribution in [3.05, 3.63) is 28.2 Å². The number of carbonyl (C=O) groups is 4. The van der Waals surface area contributed by atoms with Gasteiger partial charge in [0.2, 0.25) is 11.8 Å². The number of ether oxygens (including phenoxy) is 1. The third-order valence-electron chi connectivity index (χ3n) is 3.51. The van der Waals surface area contributed by atoms with Crippen molar-refractivity contribution >= 4 is 40.1 Å². The maximum atomic E-state index is 12.1. The van der Waals surface area contributed by atoms with Gasteiger partial charge in [0.15, 0.2) is 0 Å². The number of rotatable bonds is 4. The van der Waals surface area contributed by atoms with E-state index in [2.05, 4.69) is 5.32 Å². The van der Waals surface area contributed by atoms with E-state index in [1.807, 2.05) is 0 Å². The molecule has 1 aromatic heterocycles. The van der Waals surface area contributed by atoms with Gasteiger partial charge in [-0.3, -0.25) is 9.59 Å². The van der Waals surface area contributed by atoms with E-state index < -0.39 is 17.8 Å². The molecule has 9 heteroatoms. The third-order valence-corrected chi connectivity index (χ3v) is 4.64. The van der Waals surface area contributed by atoms with Gasteiger partial charge in [-0.25, -0.2) is 9.59 Å². The minimum absolute atomic E-state index is 0.0661. The topological polar surface area (TPSA) is 113 Å². The fourth-order valence-corrected chi connectivity index (χ4v) is 3.63. The number of anilines is 1. The minimum Gasteiger partial charge on any atom is -0.478 e. The van der Waals surface area contributed by atoms with Gasteiger partial charge in [-0.05, 0) is 12.0 Å². The summed E-state index contributed by atoms with van der Waals surface area (Å²) in [5.74, 6) is -2.56. The molecule has 24 heavy (non-hydrogen) atoms. The zero-order valence-electron chi connectivity index (χ0n) is 13.1. The van der Waals surface area contributed by atoms with Crippen molar-refractivity contribution in [3.8, 4) is 0 Å². The Balaban J connectivity index is 2.34. The number of carboxylic acid groups (broad SMARTS) is 1. The second-order valence-electron chi connectivity index (χ2n) is 5.05. The fraction of sp³-hybridized carbons (Fsp3) is 0.333. The van der Waals surface area contributed by atoms with E-state index in [9.17, 15) is 19.2 Å².